The number of ether oxygens (including phenoxy) is 1. The van der Waals surface area contributed by atoms with Crippen molar-refractivity contribution in [3.63, 3.8) is 0 Å². The number of benzene rings is 3. The standard InChI is InChI=1S/C20H16N2O/c1-14-10-12-15(13-11-14)23-19-9-5-2-6-16(19)20-21-17-7-3-4-8-18(17)22-20/h2-13H,1H3,(H,21,22). The van der Waals surface area contributed by atoms with Gasteiger partial charge >= 0.3 is 0 Å². The van der Waals surface area contributed by atoms with Gasteiger partial charge in [0, 0.05) is 0 Å². The van der Waals surface area contributed by atoms with Crippen LogP contribution >= 0.6 is 0 Å². The van der Waals surface area contributed by atoms with Crippen molar-refractivity contribution in [3.8, 4) is 22.9 Å². The lowest BCUT2D eigenvalue weighted by Crippen LogP contribution is -1.89. The molecule has 0 spiro atoms. The van der Waals surface area contributed by atoms with Gasteiger partial charge in [-0.3, -0.25) is 0 Å². The maximum atomic E-state index is 6.05. The highest BCUT2D eigenvalue weighted by molar-refractivity contribution is 5.80. The van der Waals surface area contributed by atoms with Gasteiger partial charge in [0.15, 0.2) is 0 Å². The molecular weight excluding hydrogens is 284 g/mol. The molecule has 1 heterocycles. The highest BCUT2D eigenvalue weighted by atomic mass is 16.5. The molecule has 0 aliphatic rings. The molecular formula is C20H16N2O. The Kier molecular flexibility index (Phi) is 3.31. The second kappa shape index (κ2) is 5.61. The lowest BCUT2D eigenvalue weighted by atomic mass is 10.2. The minimum Gasteiger partial charge on any atom is -0.457 e. The molecule has 0 bridgehead atoms. The van der Waals surface area contributed by atoms with Crippen LogP contribution < -0.4 is 4.74 Å². The molecule has 3 heteroatoms. The number of aryl methyl sites for hydroxylation is 1. The molecule has 0 aliphatic carbocycles. The number of hydrogen-bond acceptors (Lipinski definition) is 2. The third kappa shape index (κ3) is 2.69. The quantitative estimate of drug-likeness (QED) is 0.555. The Hall–Kier alpha value is -3.07. The first kappa shape index (κ1) is 13.6. The number of hydrogen-bond donors (Lipinski definition) is 1. The van der Waals surface area contributed by atoms with Gasteiger partial charge in [-0.15, -0.1) is 0 Å². The van der Waals surface area contributed by atoms with E-state index in [1.165, 1.54) is 5.56 Å². The number of rotatable bonds is 3. The molecule has 112 valence electrons. The second-order valence-electron chi connectivity index (χ2n) is 5.51. The van der Waals surface area contributed by atoms with Crippen molar-refractivity contribution >= 4 is 11.0 Å². The number of aromatic nitrogens is 2. The lowest BCUT2D eigenvalue weighted by molar-refractivity contribution is 0.484. The Morgan fingerprint density at radius 1 is 0.826 bits per heavy atom. The van der Waals surface area contributed by atoms with Crippen LogP contribution in [0.4, 0.5) is 0 Å². The van der Waals surface area contributed by atoms with E-state index in [-0.39, 0.29) is 0 Å². The number of fused-ring (bicyclic) bond motifs is 1. The highest BCUT2D eigenvalue weighted by Gasteiger charge is 2.11. The molecule has 1 N–H and O–H groups in total. The topological polar surface area (TPSA) is 37.9 Å². The monoisotopic (exact) mass is 300 g/mol. The number of nitrogens with zero attached hydrogens (tertiary/aromatic N) is 1. The SMILES string of the molecule is Cc1ccc(Oc2ccccc2-c2nc3ccccc3[nH]2)cc1. The van der Waals surface area contributed by atoms with Gasteiger partial charge < -0.3 is 9.72 Å². The molecule has 0 saturated carbocycles. The molecule has 23 heavy (non-hydrogen) atoms. The molecule has 0 unspecified atom stereocenters. The van der Waals surface area contributed by atoms with Crippen LogP contribution in [0, 0.1) is 6.92 Å². The summed E-state index contributed by atoms with van der Waals surface area (Å²) in [6, 6.07) is 24.0. The fourth-order valence-electron chi connectivity index (χ4n) is 2.56. The van der Waals surface area contributed by atoms with Crippen molar-refractivity contribution < 1.29 is 4.74 Å². The average Bonchev–Trinajstić information content (AvgIpc) is 3.01. The molecule has 3 nitrogen and oxygen atoms in total. The van der Waals surface area contributed by atoms with Gasteiger partial charge in [0.2, 0.25) is 0 Å². The molecule has 0 atom stereocenters. The summed E-state index contributed by atoms with van der Waals surface area (Å²) in [6.45, 7) is 2.06. The Morgan fingerprint density at radius 3 is 2.39 bits per heavy atom. The zero-order valence-corrected chi connectivity index (χ0v) is 12.8. The summed E-state index contributed by atoms with van der Waals surface area (Å²) in [5, 5.41) is 0. The summed E-state index contributed by atoms with van der Waals surface area (Å²) < 4.78 is 6.05. The van der Waals surface area contributed by atoms with Gasteiger partial charge in [0.1, 0.15) is 17.3 Å². The summed E-state index contributed by atoms with van der Waals surface area (Å²) in [4.78, 5) is 8.02. The molecule has 0 amide bonds. The van der Waals surface area contributed by atoms with E-state index in [0.29, 0.717) is 0 Å². The minimum atomic E-state index is 0.787. The molecule has 0 saturated heterocycles. The Morgan fingerprint density at radius 2 is 1.57 bits per heavy atom. The molecule has 1 aromatic heterocycles. The van der Waals surface area contributed by atoms with Crippen LogP contribution in [-0.4, -0.2) is 9.97 Å². The zero-order chi connectivity index (χ0) is 15.6. The zero-order valence-electron chi connectivity index (χ0n) is 12.8. The average molecular weight is 300 g/mol. The van der Waals surface area contributed by atoms with Crippen molar-refractivity contribution in [2.45, 2.75) is 6.92 Å². The van der Waals surface area contributed by atoms with E-state index in [0.717, 1.165) is 33.9 Å². The van der Waals surface area contributed by atoms with Crippen LogP contribution in [0.1, 0.15) is 5.56 Å². The third-order valence-electron chi connectivity index (χ3n) is 3.78. The van der Waals surface area contributed by atoms with E-state index >= 15 is 0 Å². The number of nitrogens with one attached hydrogen (secondary N) is 1. The summed E-state index contributed by atoms with van der Waals surface area (Å²) in [6.07, 6.45) is 0. The van der Waals surface area contributed by atoms with Crippen molar-refractivity contribution in [2.75, 3.05) is 0 Å². The molecule has 0 aliphatic heterocycles. The van der Waals surface area contributed by atoms with Crippen LogP contribution in [0.3, 0.4) is 0 Å². The first-order valence-corrected chi connectivity index (χ1v) is 7.58. The highest BCUT2D eigenvalue weighted by Crippen LogP contribution is 2.32. The first-order valence-electron chi connectivity index (χ1n) is 7.58. The van der Waals surface area contributed by atoms with Gasteiger partial charge in [0.05, 0.1) is 16.6 Å². The van der Waals surface area contributed by atoms with Crippen molar-refractivity contribution in [1.82, 2.24) is 9.97 Å². The predicted molar refractivity (Wildman–Crippen MR) is 92.8 cm³/mol. The van der Waals surface area contributed by atoms with Gasteiger partial charge in [-0.25, -0.2) is 4.98 Å². The van der Waals surface area contributed by atoms with E-state index in [9.17, 15) is 0 Å². The molecule has 3 aromatic carbocycles. The summed E-state index contributed by atoms with van der Waals surface area (Å²) in [7, 11) is 0. The maximum absolute atomic E-state index is 6.05. The smallest absolute Gasteiger partial charge is 0.142 e. The fraction of sp³-hybridized carbons (Fsp3) is 0.0500. The third-order valence-corrected chi connectivity index (χ3v) is 3.78. The van der Waals surface area contributed by atoms with Crippen molar-refractivity contribution in [1.29, 1.82) is 0 Å². The molecule has 4 rings (SSSR count). The normalized spacial score (nSPS) is 10.8. The Balaban J connectivity index is 1.75. The second-order valence-corrected chi connectivity index (χ2v) is 5.51. The van der Waals surface area contributed by atoms with Gasteiger partial charge in [-0.2, -0.15) is 0 Å². The number of para-hydroxylation sites is 3. The lowest BCUT2D eigenvalue weighted by Gasteiger charge is -2.09. The van der Waals surface area contributed by atoms with E-state index in [1.54, 1.807) is 0 Å². The molecule has 0 fully saturated rings. The summed E-state index contributed by atoms with van der Waals surface area (Å²) in [5.74, 6) is 2.42. The van der Waals surface area contributed by atoms with Crippen LogP contribution in [0.25, 0.3) is 22.4 Å². The van der Waals surface area contributed by atoms with Crippen LogP contribution in [0.2, 0.25) is 0 Å². The fourth-order valence-corrected chi connectivity index (χ4v) is 2.56. The van der Waals surface area contributed by atoms with E-state index in [2.05, 4.69) is 16.9 Å². The van der Waals surface area contributed by atoms with E-state index in [1.807, 2.05) is 72.8 Å². The van der Waals surface area contributed by atoms with Crippen molar-refractivity contribution in [2.24, 2.45) is 0 Å². The summed E-state index contributed by atoms with van der Waals surface area (Å²) in [5.41, 5.74) is 4.13. The van der Waals surface area contributed by atoms with Crippen LogP contribution in [0.15, 0.2) is 72.8 Å². The predicted octanol–water partition coefficient (Wildman–Crippen LogP) is 5.33. The van der Waals surface area contributed by atoms with Gasteiger partial charge in [-0.05, 0) is 43.3 Å². The number of H-pyrrole nitrogens is 1. The van der Waals surface area contributed by atoms with Gasteiger partial charge in [-0.1, -0.05) is 42.0 Å². The van der Waals surface area contributed by atoms with E-state index < -0.39 is 0 Å². The first-order chi connectivity index (χ1) is 11.3. The van der Waals surface area contributed by atoms with Crippen LogP contribution in [-0.2, 0) is 0 Å². The van der Waals surface area contributed by atoms with E-state index in [4.69, 9.17) is 4.74 Å². The van der Waals surface area contributed by atoms with Crippen molar-refractivity contribution in [3.05, 3.63) is 78.4 Å². The number of aromatic amines is 1. The molecule has 0 radical (unpaired) electrons. The largest absolute Gasteiger partial charge is 0.457 e. The van der Waals surface area contributed by atoms with Gasteiger partial charge in [0.25, 0.3) is 0 Å². The Labute approximate surface area is 134 Å². The molecule has 4 aromatic rings. The summed E-state index contributed by atoms with van der Waals surface area (Å²) >= 11 is 0. The Bertz CT molecular complexity index is 922. The number of imidazole rings is 1. The minimum absolute atomic E-state index is 0.787. The van der Waals surface area contributed by atoms with Crippen LogP contribution in [0.5, 0.6) is 11.5 Å². The maximum Gasteiger partial charge on any atom is 0.142 e.